The summed E-state index contributed by atoms with van der Waals surface area (Å²) in [7, 11) is 1.66. The topological polar surface area (TPSA) is 79.0 Å². The summed E-state index contributed by atoms with van der Waals surface area (Å²) in [5, 5.41) is 10.1. The largest absolute Gasteiger partial charge is 0.497 e. The number of aliphatic carboxylic acids is 1. The van der Waals surface area contributed by atoms with Gasteiger partial charge in [0.2, 0.25) is 0 Å². The van der Waals surface area contributed by atoms with Gasteiger partial charge in [-0.05, 0) is 43.5 Å². The molecule has 0 amide bonds. The van der Waals surface area contributed by atoms with E-state index >= 15 is 0 Å². The summed E-state index contributed by atoms with van der Waals surface area (Å²) >= 11 is 0. The molecule has 2 aliphatic rings. The first-order valence-electron chi connectivity index (χ1n) is 9.12. The molecule has 2 atom stereocenters. The van der Waals surface area contributed by atoms with Gasteiger partial charge in [-0.25, -0.2) is 0 Å². The van der Waals surface area contributed by atoms with Crippen molar-refractivity contribution in [3.05, 3.63) is 29.8 Å². The molecule has 1 aromatic rings. The average molecular weight is 347 g/mol. The fourth-order valence-electron chi connectivity index (χ4n) is 4.57. The molecule has 1 aromatic carbocycles. The fourth-order valence-corrected chi connectivity index (χ4v) is 4.57. The smallest absolute Gasteiger partial charge is 0.312 e. The van der Waals surface area contributed by atoms with Crippen molar-refractivity contribution in [3.8, 4) is 5.75 Å². The number of nitrogens with two attached hydrogens (primary N) is 1. The Bertz CT molecular complexity index is 590. The number of likely N-dealkylation sites (tertiary alicyclic amines) is 2. The van der Waals surface area contributed by atoms with Crippen LogP contribution in [0.3, 0.4) is 0 Å². The number of piperidine rings is 2. The van der Waals surface area contributed by atoms with Crippen molar-refractivity contribution in [1.29, 1.82) is 0 Å². The van der Waals surface area contributed by atoms with Crippen molar-refractivity contribution < 1.29 is 14.6 Å². The van der Waals surface area contributed by atoms with Crippen LogP contribution < -0.4 is 10.5 Å². The van der Waals surface area contributed by atoms with E-state index in [-0.39, 0.29) is 6.04 Å². The zero-order valence-electron chi connectivity index (χ0n) is 15.0. The Kier molecular flexibility index (Phi) is 5.61. The molecule has 0 saturated carbocycles. The molecule has 3 rings (SSSR count). The Morgan fingerprint density at radius 2 is 2.12 bits per heavy atom. The SMILES string of the molecule is COc1ccc(CN2CC[C@@H]3N(CCN)CCC[C@@]3(C(=O)O)C2)cc1. The van der Waals surface area contributed by atoms with Gasteiger partial charge in [-0.15, -0.1) is 0 Å². The second-order valence-corrected chi connectivity index (χ2v) is 7.25. The molecule has 0 bridgehead atoms. The first-order valence-corrected chi connectivity index (χ1v) is 9.12. The number of hydrogen-bond donors (Lipinski definition) is 2. The summed E-state index contributed by atoms with van der Waals surface area (Å²) in [6, 6.07) is 8.13. The summed E-state index contributed by atoms with van der Waals surface area (Å²) in [4.78, 5) is 16.8. The van der Waals surface area contributed by atoms with E-state index in [0.717, 1.165) is 51.2 Å². The first kappa shape index (κ1) is 18.2. The number of carboxylic acids is 1. The predicted octanol–water partition coefficient (Wildman–Crippen LogP) is 1.40. The highest BCUT2D eigenvalue weighted by Gasteiger charge is 2.53. The van der Waals surface area contributed by atoms with E-state index in [1.807, 2.05) is 12.1 Å². The summed E-state index contributed by atoms with van der Waals surface area (Å²) in [6.07, 6.45) is 2.58. The molecule has 0 aromatic heterocycles. The van der Waals surface area contributed by atoms with Gasteiger partial charge in [0.1, 0.15) is 5.75 Å². The van der Waals surface area contributed by atoms with Crippen LogP contribution in [0.1, 0.15) is 24.8 Å². The van der Waals surface area contributed by atoms with Gasteiger partial charge in [-0.3, -0.25) is 14.6 Å². The summed E-state index contributed by atoms with van der Waals surface area (Å²) in [5.74, 6) is 0.188. The van der Waals surface area contributed by atoms with Crippen LogP contribution in [0.2, 0.25) is 0 Å². The van der Waals surface area contributed by atoms with Crippen molar-refractivity contribution in [2.75, 3.05) is 39.8 Å². The zero-order valence-corrected chi connectivity index (χ0v) is 15.0. The number of hydrogen-bond acceptors (Lipinski definition) is 5. The third-order valence-corrected chi connectivity index (χ3v) is 5.78. The van der Waals surface area contributed by atoms with Crippen molar-refractivity contribution >= 4 is 5.97 Å². The van der Waals surface area contributed by atoms with Gasteiger partial charge in [0, 0.05) is 38.8 Å². The van der Waals surface area contributed by atoms with E-state index in [1.54, 1.807) is 7.11 Å². The zero-order chi connectivity index (χ0) is 17.9. The second-order valence-electron chi connectivity index (χ2n) is 7.25. The maximum Gasteiger partial charge on any atom is 0.312 e. The van der Waals surface area contributed by atoms with Crippen LogP contribution >= 0.6 is 0 Å². The normalized spacial score (nSPS) is 27.7. The van der Waals surface area contributed by atoms with Crippen molar-refractivity contribution in [1.82, 2.24) is 9.80 Å². The number of benzene rings is 1. The summed E-state index contributed by atoms with van der Waals surface area (Å²) in [5.41, 5.74) is 6.26. The summed E-state index contributed by atoms with van der Waals surface area (Å²) in [6.45, 7) is 4.66. The van der Waals surface area contributed by atoms with Gasteiger partial charge in [0.25, 0.3) is 0 Å². The lowest BCUT2D eigenvalue weighted by atomic mass is 9.69. The van der Waals surface area contributed by atoms with Crippen LogP contribution in [-0.2, 0) is 11.3 Å². The van der Waals surface area contributed by atoms with Crippen molar-refractivity contribution in [3.63, 3.8) is 0 Å². The standard InChI is InChI=1S/C19H29N3O3/c1-25-16-5-3-15(4-6-16)13-21-11-7-17-19(14-21,18(23)24)8-2-10-22(17)12-9-20/h3-6,17H,2,7-14,20H2,1H3,(H,23,24)/t17-,19+/m0/s1. The predicted molar refractivity (Wildman–Crippen MR) is 96.6 cm³/mol. The first-order chi connectivity index (χ1) is 12.1. The quantitative estimate of drug-likeness (QED) is 0.810. The number of fused-ring (bicyclic) bond motifs is 1. The average Bonchev–Trinajstić information content (AvgIpc) is 2.62. The molecule has 0 aliphatic carbocycles. The molecule has 0 unspecified atom stereocenters. The van der Waals surface area contributed by atoms with Crippen LogP contribution in [0.25, 0.3) is 0 Å². The van der Waals surface area contributed by atoms with E-state index in [1.165, 1.54) is 5.56 Å². The van der Waals surface area contributed by atoms with Gasteiger partial charge in [-0.1, -0.05) is 12.1 Å². The molecule has 138 valence electrons. The van der Waals surface area contributed by atoms with E-state index in [0.29, 0.717) is 13.1 Å². The van der Waals surface area contributed by atoms with E-state index in [9.17, 15) is 9.90 Å². The Hall–Kier alpha value is -1.63. The van der Waals surface area contributed by atoms with Gasteiger partial charge in [0.05, 0.1) is 12.5 Å². The molecule has 2 saturated heterocycles. The molecular weight excluding hydrogens is 318 g/mol. The number of carbonyl (C=O) groups is 1. The summed E-state index contributed by atoms with van der Waals surface area (Å²) < 4.78 is 5.21. The molecule has 6 nitrogen and oxygen atoms in total. The highest BCUT2D eigenvalue weighted by atomic mass is 16.5. The third kappa shape index (κ3) is 3.66. The number of nitrogens with zero attached hydrogens (tertiary/aromatic N) is 2. The maximum absolute atomic E-state index is 12.2. The lowest BCUT2D eigenvalue weighted by molar-refractivity contribution is -0.164. The number of methoxy groups -OCH3 is 1. The van der Waals surface area contributed by atoms with Crippen LogP contribution in [0.15, 0.2) is 24.3 Å². The van der Waals surface area contributed by atoms with Crippen LogP contribution in [-0.4, -0.2) is 66.8 Å². The van der Waals surface area contributed by atoms with Crippen molar-refractivity contribution in [2.45, 2.75) is 31.8 Å². The Labute approximate surface area is 149 Å². The highest BCUT2D eigenvalue weighted by molar-refractivity contribution is 5.76. The Morgan fingerprint density at radius 1 is 1.36 bits per heavy atom. The maximum atomic E-state index is 12.2. The second kappa shape index (κ2) is 7.72. The molecule has 2 aliphatic heterocycles. The van der Waals surface area contributed by atoms with Gasteiger partial charge < -0.3 is 15.6 Å². The monoisotopic (exact) mass is 347 g/mol. The van der Waals surface area contributed by atoms with Gasteiger partial charge in [0.15, 0.2) is 0 Å². The van der Waals surface area contributed by atoms with Crippen LogP contribution in [0.4, 0.5) is 0 Å². The van der Waals surface area contributed by atoms with Gasteiger partial charge in [-0.2, -0.15) is 0 Å². The number of rotatable bonds is 6. The third-order valence-electron chi connectivity index (χ3n) is 5.78. The molecule has 6 heteroatoms. The lowest BCUT2D eigenvalue weighted by Crippen LogP contribution is -2.64. The molecular formula is C19H29N3O3. The lowest BCUT2D eigenvalue weighted by Gasteiger charge is -2.53. The molecule has 0 radical (unpaired) electrons. The Morgan fingerprint density at radius 3 is 2.76 bits per heavy atom. The van der Waals surface area contributed by atoms with E-state index in [2.05, 4.69) is 21.9 Å². The van der Waals surface area contributed by atoms with E-state index in [4.69, 9.17) is 10.5 Å². The minimum atomic E-state index is -0.669. The molecule has 2 heterocycles. The van der Waals surface area contributed by atoms with E-state index < -0.39 is 11.4 Å². The number of carboxylic acid groups (broad SMARTS) is 1. The molecule has 3 N–H and O–H groups in total. The highest BCUT2D eigenvalue weighted by Crippen LogP contribution is 2.42. The van der Waals surface area contributed by atoms with Gasteiger partial charge >= 0.3 is 5.97 Å². The number of ether oxygens (including phenoxy) is 1. The molecule has 2 fully saturated rings. The fraction of sp³-hybridized carbons (Fsp3) is 0.632. The van der Waals surface area contributed by atoms with Crippen molar-refractivity contribution in [2.24, 2.45) is 11.1 Å². The van der Waals surface area contributed by atoms with Crippen LogP contribution in [0, 0.1) is 5.41 Å². The minimum absolute atomic E-state index is 0.106. The van der Waals surface area contributed by atoms with Crippen LogP contribution in [0.5, 0.6) is 5.75 Å². The molecule has 25 heavy (non-hydrogen) atoms. The minimum Gasteiger partial charge on any atom is -0.497 e. The molecule has 0 spiro atoms. The Balaban J connectivity index is 1.74.